The Morgan fingerprint density at radius 3 is 2.26 bits per heavy atom. The van der Waals surface area contributed by atoms with Crippen molar-refractivity contribution < 1.29 is 48.0 Å². The normalized spacial score (nSPS) is 15.9. The zero-order valence-electron chi connectivity index (χ0n) is 33.7. The van der Waals surface area contributed by atoms with E-state index in [9.17, 15) is 24.3 Å². The van der Waals surface area contributed by atoms with Crippen molar-refractivity contribution in [3.05, 3.63) is 23.8 Å². The molecule has 0 radical (unpaired) electrons. The Balaban J connectivity index is 2.21. The molecule has 4 amide bonds. The summed E-state index contributed by atoms with van der Waals surface area (Å²) in [7, 11) is 1.63. The summed E-state index contributed by atoms with van der Waals surface area (Å²) >= 11 is 0. The molecule has 308 valence electrons. The molecule has 1 fully saturated rings. The molecule has 0 spiro atoms. The molecule has 2 rings (SSSR count). The summed E-state index contributed by atoms with van der Waals surface area (Å²) < 4.78 is 27.5. The van der Waals surface area contributed by atoms with Gasteiger partial charge in [0.25, 0.3) is 11.8 Å². The SMILES string of the molecule is COCCCCOc1cc(OCC(N)=O)ccc1C(=O)NC[C@@H](C[C@H](NC(=O)OC(C)(C)C)[C@@H](O)C[C@H](C(=O)NCCN1CCOCC1)C(C)C)C(C)C. The first-order valence-corrected chi connectivity index (χ1v) is 19.2. The van der Waals surface area contributed by atoms with Gasteiger partial charge in [0.05, 0.1) is 37.5 Å². The van der Waals surface area contributed by atoms with E-state index in [0.717, 1.165) is 19.5 Å². The summed E-state index contributed by atoms with van der Waals surface area (Å²) in [6.07, 6.45) is 0.114. The number of alkyl carbamates (subject to hydrolysis) is 1. The van der Waals surface area contributed by atoms with E-state index in [1.54, 1.807) is 46.1 Å². The van der Waals surface area contributed by atoms with Gasteiger partial charge in [-0.25, -0.2) is 4.79 Å². The van der Waals surface area contributed by atoms with Crippen molar-refractivity contribution in [2.24, 2.45) is 29.4 Å². The molecule has 1 heterocycles. The zero-order valence-corrected chi connectivity index (χ0v) is 33.7. The maximum absolute atomic E-state index is 13.6. The Labute approximate surface area is 321 Å². The highest BCUT2D eigenvalue weighted by Gasteiger charge is 2.33. The number of carbonyl (C=O) groups is 4. The first kappa shape index (κ1) is 46.5. The van der Waals surface area contributed by atoms with Crippen LogP contribution >= 0.6 is 0 Å². The van der Waals surface area contributed by atoms with E-state index in [2.05, 4.69) is 20.9 Å². The molecule has 0 bridgehead atoms. The topological polar surface area (TPSA) is 200 Å². The van der Waals surface area contributed by atoms with Gasteiger partial charge in [-0.3, -0.25) is 19.3 Å². The fourth-order valence-electron chi connectivity index (χ4n) is 5.99. The van der Waals surface area contributed by atoms with E-state index in [0.29, 0.717) is 58.1 Å². The summed E-state index contributed by atoms with van der Waals surface area (Å²) in [5.41, 5.74) is 4.74. The van der Waals surface area contributed by atoms with Crippen LogP contribution < -0.4 is 31.2 Å². The molecule has 6 N–H and O–H groups in total. The molecule has 0 saturated carbocycles. The van der Waals surface area contributed by atoms with E-state index >= 15 is 0 Å². The lowest BCUT2D eigenvalue weighted by Crippen LogP contribution is -2.49. The number of carbonyl (C=O) groups excluding carboxylic acids is 4. The second kappa shape index (κ2) is 24.0. The van der Waals surface area contributed by atoms with Crippen molar-refractivity contribution in [1.82, 2.24) is 20.9 Å². The maximum atomic E-state index is 13.6. The molecule has 0 aliphatic carbocycles. The van der Waals surface area contributed by atoms with Gasteiger partial charge in [-0.2, -0.15) is 0 Å². The quantitative estimate of drug-likeness (QED) is 0.0970. The van der Waals surface area contributed by atoms with Crippen molar-refractivity contribution in [2.45, 2.75) is 91.9 Å². The van der Waals surface area contributed by atoms with E-state index in [4.69, 9.17) is 29.4 Å². The standard InChI is InChI=1S/C39H67N5O10/c1-26(2)28(24-42-36(47)30-12-11-29(53-25-35(40)46)22-34(30)52-18-10-9-17-50-8)21-32(43-38(49)54-39(5,6)7)33(45)23-31(27(3)4)37(48)41-13-14-44-15-19-51-20-16-44/h11-12,22,26-28,31-33,45H,9-10,13-21,23-25H2,1-8H3,(H2,40,46)(H,41,48)(H,42,47)(H,43,49)/t28-,31+,32+,33+/m1/s1. The monoisotopic (exact) mass is 765 g/mol. The van der Waals surface area contributed by atoms with Gasteiger partial charge in [0, 0.05) is 58.4 Å². The summed E-state index contributed by atoms with van der Waals surface area (Å²) in [6.45, 7) is 18.2. The van der Waals surface area contributed by atoms with Crippen LogP contribution in [0.1, 0.15) is 84.5 Å². The second-order valence-electron chi connectivity index (χ2n) is 15.6. The van der Waals surface area contributed by atoms with Gasteiger partial charge in [-0.1, -0.05) is 27.7 Å². The number of benzene rings is 1. The number of unbranched alkanes of at least 4 members (excludes halogenated alkanes) is 1. The highest BCUT2D eigenvalue weighted by Crippen LogP contribution is 2.27. The average Bonchev–Trinajstić information content (AvgIpc) is 3.09. The van der Waals surface area contributed by atoms with Crippen LogP contribution in [0.4, 0.5) is 4.79 Å². The third-order valence-electron chi connectivity index (χ3n) is 9.24. The van der Waals surface area contributed by atoms with Gasteiger partial charge in [-0.15, -0.1) is 0 Å². The van der Waals surface area contributed by atoms with Crippen LogP contribution in [-0.4, -0.2) is 124 Å². The molecular formula is C39H67N5O10. The number of nitrogens with zero attached hydrogens (tertiary/aromatic N) is 1. The number of nitrogens with one attached hydrogen (secondary N) is 3. The number of aliphatic hydroxyl groups excluding tert-OH is 1. The summed E-state index contributed by atoms with van der Waals surface area (Å²) in [5, 5.41) is 20.6. The molecule has 54 heavy (non-hydrogen) atoms. The number of rotatable bonds is 24. The lowest BCUT2D eigenvalue weighted by Gasteiger charge is -2.33. The van der Waals surface area contributed by atoms with Crippen molar-refractivity contribution in [3.8, 4) is 11.5 Å². The van der Waals surface area contributed by atoms with Gasteiger partial charge in [0.1, 0.15) is 17.1 Å². The fourth-order valence-corrected chi connectivity index (χ4v) is 5.99. The molecule has 15 heteroatoms. The summed E-state index contributed by atoms with van der Waals surface area (Å²) in [5.74, 6) is -1.30. The predicted molar refractivity (Wildman–Crippen MR) is 205 cm³/mol. The molecular weight excluding hydrogens is 698 g/mol. The number of hydrogen-bond donors (Lipinski definition) is 5. The number of hydrogen-bond acceptors (Lipinski definition) is 11. The van der Waals surface area contributed by atoms with Gasteiger partial charge < -0.3 is 50.5 Å². The highest BCUT2D eigenvalue weighted by molar-refractivity contribution is 5.97. The number of primary amides is 1. The van der Waals surface area contributed by atoms with Crippen LogP contribution in [0.15, 0.2) is 18.2 Å². The van der Waals surface area contributed by atoms with Gasteiger partial charge in [0.2, 0.25) is 5.91 Å². The number of aliphatic hydroxyl groups is 1. The van der Waals surface area contributed by atoms with Crippen LogP contribution in [0, 0.1) is 23.7 Å². The number of morpholine rings is 1. The fraction of sp³-hybridized carbons (Fsp3) is 0.744. The molecule has 4 atom stereocenters. The van der Waals surface area contributed by atoms with Gasteiger partial charge >= 0.3 is 6.09 Å². The molecule has 0 unspecified atom stereocenters. The van der Waals surface area contributed by atoms with Crippen molar-refractivity contribution in [1.29, 1.82) is 0 Å². The molecule has 0 aromatic heterocycles. The third-order valence-corrected chi connectivity index (χ3v) is 9.24. The summed E-state index contributed by atoms with van der Waals surface area (Å²) in [6, 6.07) is 3.90. The van der Waals surface area contributed by atoms with E-state index < -0.39 is 35.7 Å². The van der Waals surface area contributed by atoms with Crippen LogP contribution in [-0.2, 0) is 23.8 Å². The molecule has 1 aliphatic rings. The lowest BCUT2D eigenvalue weighted by molar-refractivity contribution is -0.127. The van der Waals surface area contributed by atoms with Crippen LogP contribution in [0.3, 0.4) is 0 Å². The Hall–Kier alpha value is -3.66. The Kier molecular flexibility index (Phi) is 20.6. The zero-order chi connectivity index (χ0) is 40.3. The molecule has 1 saturated heterocycles. The number of methoxy groups -OCH3 is 1. The largest absolute Gasteiger partial charge is 0.493 e. The predicted octanol–water partition coefficient (Wildman–Crippen LogP) is 3.11. The smallest absolute Gasteiger partial charge is 0.407 e. The first-order valence-electron chi connectivity index (χ1n) is 19.2. The molecule has 15 nitrogen and oxygen atoms in total. The number of nitrogens with two attached hydrogens (primary N) is 1. The number of ether oxygens (including phenoxy) is 5. The Bertz CT molecular complexity index is 1300. The van der Waals surface area contributed by atoms with Crippen molar-refractivity contribution in [3.63, 3.8) is 0 Å². The molecule has 1 aromatic rings. The Morgan fingerprint density at radius 1 is 0.963 bits per heavy atom. The van der Waals surface area contributed by atoms with E-state index in [-0.39, 0.29) is 60.5 Å². The lowest BCUT2D eigenvalue weighted by atomic mass is 9.82. The average molecular weight is 766 g/mol. The van der Waals surface area contributed by atoms with Gasteiger partial charge in [0.15, 0.2) is 6.61 Å². The number of amides is 4. The van der Waals surface area contributed by atoms with Gasteiger partial charge in [-0.05, 0) is 76.3 Å². The second-order valence-corrected chi connectivity index (χ2v) is 15.6. The van der Waals surface area contributed by atoms with E-state index in [1.165, 1.54) is 0 Å². The van der Waals surface area contributed by atoms with Crippen LogP contribution in [0.25, 0.3) is 0 Å². The first-order chi connectivity index (χ1) is 25.5. The van der Waals surface area contributed by atoms with E-state index in [1.807, 2.05) is 27.7 Å². The minimum Gasteiger partial charge on any atom is -0.493 e. The molecule has 1 aromatic carbocycles. The minimum atomic E-state index is -1.09. The summed E-state index contributed by atoms with van der Waals surface area (Å²) in [4.78, 5) is 53.6. The highest BCUT2D eigenvalue weighted by atomic mass is 16.6. The molecule has 1 aliphatic heterocycles. The van der Waals surface area contributed by atoms with Crippen LogP contribution in [0.5, 0.6) is 11.5 Å². The van der Waals surface area contributed by atoms with Crippen molar-refractivity contribution in [2.75, 3.05) is 72.9 Å². The minimum absolute atomic E-state index is 0.0332. The third kappa shape index (κ3) is 18.1. The van der Waals surface area contributed by atoms with Crippen molar-refractivity contribution >= 4 is 23.8 Å². The van der Waals surface area contributed by atoms with Crippen LogP contribution in [0.2, 0.25) is 0 Å². The Morgan fingerprint density at radius 2 is 1.65 bits per heavy atom. The maximum Gasteiger partial charge on any atom is 0.407 e.